The number of thioether (sulfide) groups is 1. The number of hydrogen-bond donors (Lipinski definition) is 1. The predicted octanol–water partition coefficient (Wildman–Crippen LogP) is 4.24. The fraction of sp³-hybridized carbons (Fsp3) is 0.368. The van der Waals surface area contributed by atoms with Gasteiger partial charge in [-0.2, -0.15) is 0 Å². The number of aromatic nitrogens is 4. The van der Waals surface area contributed by atoms with Crippen molar-refractivity contribution in [3.63, 3.8) is 0 Å². The summed E-state index contributed by atoms with van der Waals surface area (Å²) in [6.07, 6.45) is 1.40. The Morgan fingerprint density at radius 3 is 2.82 bits per heavy atom. The number of benzene rings is 1. The predicted molar refractivity (Wildman–Crippen MR) is 112 cm³/mol. The van der Waals surface area contributed by atoms with Crippen molar-refractivity contribution in [3.05, 3.63) is 46.7 Å². The molecule has 1 N–H and O–H groups in total. The van der Waals surface area contributed by atoms with Crippen LogP contribution in [0.25, 0.3) is 0 Å². The Labute approximate surface area is 172 Å². The van der Waals surface area contributed by atoms with Gasteiger partial charge in [-0.25, -0.2) is 4.98 Å². The number of hydrogen-bond acceptors (Lipinski definition) is 7. The largest absolute Gasteiger partial charge is 0.483 e. The second-order valence-corrected chi connectivity index (χ2v) is 8.10. The maximum absolute atomic E-state index is 12.1. The lowest BCUT2D eigenvalue weighted by molar-refractivity contribution is -0.113. The van der Waals surface area contributed by atoms with Crippen LogP contribution in [0.5, 0.6) is 5.75 Å². The van der Waals surface area contributed by atoms with E-state index in [9.17, 15) is 4.79 Å². The molecule has 1 amide bonds. The first-order valence-corrected chi connectivity index (χ1v) is 10.8. The van der Waals surface area contributed by atoms with Crippen molar-refractivity contribution in [2.45, 2.75) is 45.5 Å². The van der Waals surface area contributed by atoms with E-state index in [2.05, 4.69) is 34.3 Å². The number of anilines is 1. The third-order valence-corrected chi connectivity index (χ3v) is 5.88. The molecule has 0 saturated heterocycles. The second-order valence-electron chi connectivity index (χ2n) is 6.27. The summed E-state index contributed by atoms with van der Waals surface area (Å²) in [5.41, 5.74) is 2.41. The number of nitrogens with zero attached hydrogens (tertiary/aromatic N) is 4. The van der Waals surface area contributed by atoms with E-state index in [1.54, 1.807) is 6.20 Å². The summed E-state index contributed by atoms with van der Waals surface area (Å²) in [4.78, 5) is 16.1. The van der Waals surface area contributed by atoms with Crippen molar-refractivity contribution in [3.8, 4) is 5.75 Å². The van der Waals surface area contributed by atoms with Crippen LogP contribution < -0.4 is 10.1 Å². The zero-order valence-electron chi connectivity index (χ0n) is 16.3. The van der Waals surface area contributed by atoms with Crippen molar-refractivity contribution in [2.75, 3.05) is 11.1 Å². The fourth-order valence-electron chi connectivity index (χ4n) is 2.62. The maximum Gasteiger partial charge on any atom is 0.236 e. The number of ether oxygens (including phenoxy) is 1. The summed E-state index contributed by atoms with van der Waals surface area (Å²) in [6.45, 7) is 8.81. The van der Waals surface area contributed by atoms with Gasteiger partial charge in [0, 0.05) is 18.1 Å². The molecular weight excluding hydrogens is 394 g/mol. The van der Waals surface area contributed by atoms with Gasteiger partial charge in [-0.05, 0) is 51.0 Å². The van der Waals surface area contributed by atoms with Gasteiger partial charge >= 0.3 is 0 Å². The Hall–Kier alpha value is -2.39. The Bertz CT molecular complexity index is 940. The zero-order chi connectivity index (χ0) is 20.1. The Morgan fingerprint density at radius 2 is 2.14 bits per heavy atom. The first kappa shape index (κ1) is 20.3. The van der Waals surface area contributed by atoms with Crippen LogP contribution in [0.15, 0.2) is 34.9 Å². The van der Waals surface area contributed by atoms with Gasteiger partial charge in [-0.15, -0.1) is 21.5 Å². The minimum atomic E-state index is -0.256. The molecule has 0 spiro atoms. The van der Waals surface area contributed by atoms with E-state index in [-0.39, 0.29) is 17.8 Å². The van der Waals surface area contributed by atoms with Crippen molar-refractivity contribution in [1.82, 2.24) is 19.7 Å². The molecule has 0 saturated carbocycles. The summed E-state index contributed by atoms with van der Waals surface area (Å²) in [5.74, 6) is 1.66. The van der Waals surface area contributed by atoms with Gasteiger partial charge in [0.05, 0.1) is 5.75 Å². The van der Waals surface area contributed by atoms with Gasteiger partial charge in [0.2, 0.25) is 5.91 Å². The van der Waals surface area contributed by atoms with E-state index in [0.29, 0.717) is 16.8 Å². The number of nitrogens with one attached hydrogen (secondary N) is 1. The monoisotopic (exact) mass is 417 g/mol. The minimum absolute atomic E-state index is 0.119. The van der Waals surface area contributed by atoms with E-state index in [1.165, 1.54) is 34.2 Å². The van der Waals surface area contributed by atoms with E-state index < -0.39 is 0 Å². The molecule has 9 heteroatoms. The molecule has 1 atom stereocenters. The lowest BCUT2D eigenvalue weighted by atomic mass is 10.1. The highest BCUT2D eigenvalue weighted by Crippen LogP contribution is 2.26. The van der Waals surface area contributed by atoms with Gasteiger partial charge in [0.1, 0.15) is 5.75 Å². The fourth-order valence-corrected chi connectivity index (χ4v) is 3.97. The molecule has 0 aliphatic heterocycles. The van der Waals surface area contributed by atoms with Crippen LogP contribution in [0, 0.1) is 13.8 Å². The van der Waals surface area contributed by atoms with Crippen LogP contribution in [0.1, 0.15) is 36.9 Å². The SMILES string of the molecule is CCn1c(SCC(=O)Nc2nccs2)nnc1C(C)Oc1ccc(C)c(C)c1. The maximum atomic E-state index is 12.1. The van der Waals surface area contributed by atoms with E-state index >= 15 is 0 Å². The number of carbonyl (C=O) groups is 1. The van der Waals surface area contributed by atoms with Crippen molar-refractivity contribution < 1.29 is 9.53 Å². The molecule has 1 aromatic carbocycles. The second kappa shape index (κ2) is 9.20. The summed E-state index contributed by atoms with van der Waals surface area (Å²) in [6, 6.07) is 6.03. The Morgan fingerprint density at radius 1 is 1.32 bits per heavy atom. The van der Waals surface area contributed by atoms with Gasteiger partial charge < -0.3 is 14.6 Å². The van der Waals surface area contributed by atoms with Crippen LogP contribution in [-0.4, -0.2) is 31.4 Å². The topological polar surface area (TPSA) is 81.9 Å². The summed E-state index contributed by atoms with van der Waals surface area (Å²) in [5, 5.41) is 14.4. The standard InChI is InChI=1S/C19H23N5O2S2/c1-5-24-17(14(4)26-15-7-6-12(2)13(3)10-15)22-23-19(24)28-11-16(25)21-18-20-8-9-27-18/h6-10,14H,5,11H2,1-4H3,(H,20,21,25). The average molecular weight is 418 g/mol. The van der Waals surface area contributed by atoms with Gasteiger partial charge in [0.15, 0.2) is 22.2 Å². The molecule has 0 fully saturated rings. The highest BCUT2D eigenvalue weighted by Gasteiger charge is 2.19. The first-order chi connectivity index (χ1) is 13.5. The Kier molecular flexibility index (Phi) is 6.69. The number of carbonyl (C=O) groups excluding carboxylic acids is 1. The van der Waals surface area contributed by atoms with Crippen LogP contribution >= 0.6 is 23.1 Å². The Balaban J connectivity index is 1.65. The summed E-state index contributed by atoms with van der Waals surface area (Å²) >= 11 is 2.74. The molecule has 0 radical (unpaired) electrons. The molecule has 3 rings (SSSR count). The molecule has 28 heavy (non-hydrogen) atoms. The molecule has 148 valence electrons. The number of aryl methyl sites for hydroxylation is 2. The zero-order valence-corrected chi connectivity index (χ0v) is 17.9. The lowest BCUT2D eigenvalue weighted by Crippen LogP contribution is -2.15. The van der Waals surface area contributed by atoms with Crippen molar-refractivity contribution in [1.29, 1.82) is 0 Å². The number of amides is 1. The van der Waals surface area contributed by atoms with E-state index in [4.69, 9.17) is 4.74 Å². The molecule has 3 aromatic rings. The molecule has 7 nitrogen and oxygen atoms in total. The lowest BCUT2D eigenvalue weighted by Gasteiger charge is -2.16. The quantitative estimate of drug-likeness (QED) is 0.552. The van der Waals surface area contributed by atoms with E-state index in [0.717, 1.165) is 11.6 Å². The molecule has 1 unspecified atom stereocenters. The number of thiazole rings is 1. The molecule has 2 aromatic heterocycles. The van der Waals surface area contributed by atoms with E-state index in [1.807, 2.05) is 42.0 Å². The smallest absolute Gasteiger partial charge is 0.236 e. The average Bonchev–Trinajstić information content (AvgIpc) is 3.32. The highest BCUT2D eigenvalue weighted by atomic mass is 32.2. The molecular formula is C19H23N5O2S2. The normalized spacial score (nSPS) is 12.0. The molecule has 0 bridgehead atoms. The number of rotatable bonds is 8. The van der Waals surface area contributed by atoms with Crippen molar-refractivity contribution >= 4 is 34.1 Å². The van der Waals surface area contributed by atoms with Crippen molar-refractivity contribution in [2.24, 2.45) is 0 Å². The molecule has 2 heterocycles. The van der Waals surface area contributed by atoms with Crippen LogP contribution in [0.2, 0.25) is 0 Å². The van der Waals surface area contributed by atoms with Crippen LogP contribution in [0.4, 0.5) is 5.13 Å². The third kappa shape index (κ3) is 4.90. The summed E-state index contributed by atoms with van der Waals surface area (Å²) in [7, 11) is 0. The molecule has 0 aliphatic rings. The summed E-state index contributed by atoms with van der Waals surface area (Å²) < 4.78 is 8.05. The molecule has 0 aliphatic carbocycles. The first-order valence-electron chi connectivity index (χ1n) is 8.97. The highest BCUT2D eigenvalue weighted by molar-refractivity contribution is 7.99. The van der Waals surface area contributed by atoms with Gasteiger partial charge in [-0.1, -0.05) is 17.8 Å². The third-order valence-electron chi connectivity index (χ3n) is 4.23. The minimum Gasteiger partial charge on any atom is -0.483 e. The van der Waals surface area contributed by atoms with Crippen LogP contribution in [-0.2, 0) is 11.3 Å². The van der Waals surface area contributed by atoms with Gasteiger partial charge in [-0.3, -0.25) is 4.79 Å². The van der Waals surface area contributed by atoms with Gasteiger partial charge in [0.25, 0.3) is 0 Å². The van der Waals surface area contributed by atoms with Crippen LogP contribution in [0.3, 0.4) is 0 Å².